The van der Waals surface area contributed by atoms with Crippen molar-refractivity contribution >= 4 is 17.5 Å². The SMILES string of the molecule is O=C(NCc1ccc(C(F)(F)F)c(F)c1)c1cc(Cl)ccc1O. The van der Waals surface area contributed by atoms with E-state index in [4.69, 9.17) is 11.6 Å². The topological polar surface area (TPSA) is 49.3 Å². The molecule has 2 rings (SSSR count). The molecule has 0 heterocycles. The molecule has 0 atom stereocenters. The zero-order valence-electron chi connectivity index (χ0n) is 11.4. The number of hydrogen-bond donors (Lipinski definition) is 2. The van der Waals surface area contributed by atoms with Crippen molar-refractivity contribution in [3.05, 3.63) is 63.9 Å². The van der Waals surface area contributed by atoms with E-state index in [1.165, 1.54) is 18.2 Å². The highest BCUT2D eigenvalue weighted by Gasteiger charge is 2.33. The Bertz CT molecular complexity index is 747. The fourth-order valence-corrected chi connectivity index (χ4v) is 2.04. The molecule has 2 aromatic rings. The van der Waals surface area contributed by atoms with Gasteiger partial charge in [0.05, 0.1) is 11.1 Å². The number of aromatic hydroxyl groups is 1. The lowest BCUT2D eigenvalue weighted by atomic mass is 10.1. The Morgan fingerprint density at radius 3 is 2.48 bits per heavy atom. The summed E-state index contributed by atoms with van der Waals surface area (Å²) in [5.74, 6) is -2.41. The third-order valence-corrected chi connectivity index (χ3v) is 3.23. The summed E-state index contributed by atoms with van der Waals surface area (Å²) in [5.41, 5.74) is -1.32. The molecule has 0 saturated carbocycles. The number of hydrogen-bond acceptors (Lipinski definition) is 2. The average Bonchev–Trinajstić information content (AvgIpc) is 2.46. The molecule has 3 nitrogen and oxygen atoms in total. The molecule has 0 aliphatic rings. The lowest BCUT2D eigenvalue weighted by Crippen LogP contribution is -2.23. The quantitative estimate of drug-likeness (QED) is 0.820. The van der Waals surface area contributed by atoms with E-state index in [0.717, 1.165) is 6.07 Å². The zero-order chi connectivity index (χ0) is 17.2. The molecule has 0 unspecified atom stereocenters. The van der Waals surface area contributed by atoms with Crippen LogP contribution in [0.3, 0.4) is 0 Å². The van der Waals surface area contributed by atoms with Gasteiger partial charge in [-0.2, -0.15) is 13.2 Å². The van der Waals surface area contributed by atoms with Gasteiger partial charge in [0, 0.05) is 11.6 Å². The number of amides is 1. The molecule has 0 spiro atoms. The molecular weight excluding hydrogens is 338 g/mol. The van der Waals surface area contributed by atoms with E-state index in [9.17, 15) is 27.5 Å². The van der Waals surface area contributed by atoms with Gasteiger partial charge in [-0.15, -0.1) is 0 Å². The number of benzene rings is 2. The zero-order valence-corrected chi connectivity index (χ0v) is 12.2. The van der Waals surface area contributed by atoms with Crippen molar-refractivity contribution in [2.24, 2.45) is 0 Å². The molecule has 0 aliphatic heterocycles. The van der Waals surface area contributed by atoms with Crippen molar-refractivity contribution in [2.45, 2.75) is 12.7 Å². The summed E-state index contributed by atoms with van der Waals surface area (Å²) in [4.78, 5) is 11.9. The first-order chi connectivity index (χ1) is 10.7. The largest absolute Gasteiger partial charge is 0.507 e. The van der Waals surface area contributed by atoms with E-state index in [0.29, 0.717) is 12.1 Å². The number of rotatable bonds is 3. The van der Waals surface area contributed by atoms with Crippen LogP contribution >= 0.6 is 11.6 Å². The van der Waals surface area contributed by atoms with Gasteiger partial charge in [-0.3, -0.25) is 4.79 Å². The van der Waals surface area contributed by atoms with Crippen LogP contribution in [0.25, 0.3) is 0 Å². The molecule has 122 valence electrons. The van der Waals surface area contributed by atoms with Gasteiger partial charge in [-0.05, 0) is 35.9 Å². The van der Waals surface area contributed by atoms with Crippen LogP contribution in [0.1, 0.15) is 21.5 Å². The summed E-state index contributed by atoms with van der Waals surface area (Å²) < 4.78 is 50.8. The molecule has 2 N–H and O–H groups in total. The molecule has 23 heavy (non-hydrogen) atoms. The third kappa shape index (κ3) is 4.13. The third-order valence-electron chi connectivity index (χ3n) is 3.00. The minimum absolute atomic E-state index is 0.0927. The van der Waals surface area contributed by atoms with Crippen molar-refractivity contribution in [3.8, 4) is 5.75 Å². The molecule has 0 bridgehead atoms. The van der Waals surface area contributed by atoms with E-state index in [-0.39, 0.29) is 28.4 Å². The predicted molar refractivity (Wildman–Crippen MR) is 75.7 cm³/mol. The molecule has 0 aliphatic carbocycles. The van der Waals surface area contributed by atoms with Crippen LogP contribution in [0.2, 0.25) is 5.02 Å². The van der Waals surface area contributed by atoms with E-state index < -0.39 is 23.5 Å². The van der Waals surface area contributed by atoms with E-state index in [1.54, 1.807) is 0 Å². The number of alkyl halides is 3. The monoisotopic (exact) mass is 347 g/mol. The molecule has 0 fully saturated rings. The number of carbonyl (C=O) groups is 1. The minimum Gasteiger partial charge on any atom is -0.507 e. The normalized spacial score (nSPS) is 11.3. The molecule has 1 amide bonds. The fourth-order valence-electron chi connectivity index (χ4n) is 1.87. The van der Waals surface area contributed by atoms with Crippen LogP contribution in [-0.2, 0) is 12.7 Å². The van der Waals surface area contributed by atoms with Crippen molar-refractivity contribution in [2.75, 3.05) is 0 Å². The van der Waals surface area contributed by atoms with E-state index in [1.807, 2.05) is 0 Å². The summed E-state index contributed by atoms with van der Waals surface area (Å²) >= 11 is 5.71. The van der Waals surface area contributed by atoms with Crippen LogP contribution in [0, 0.1) is 5.82 Å². The summed E-state index contributed by atoms with van der Waals surface area (Å²) in [6.07, 6.45) is -4.78. The highest BCUT2D eigenvalue weighted by Crippen LogP contribution is 2.31. The number of phenols is 1. The molecule has 0 radical (unpaired) electrons. The molecular formula is C15H10ClF4NO2. The van der Waals surface area contributed by atoms with Crippen LogP contribution in [0.4, 0.5) is 17.6 Å². The van der Waals surface area contributed by atoms with Gasteiger partial charge in [0.15, 0.2) is 0 Å². The summed E-state index contributed by atoms with van der Waals surface area (Å²) in [7, 11) is 0. The van der Waals surface area contributed by atoms with Gasteiger partial charge in [-0.25, -0.2) is 4.39 Å². The Balaban J connectivity index is 2.10. The second kappa shape index (κ2) is 6.45. The Kier molecular flexibility index (Phi) is 4.79. The maximum atomic E-state index is 13.4. The van der Waals surface area contributed by atoms with Crippen LogP contribution in [0.5, 0.6) is 5.75 Å². The highest BCUT2D eigenvalue weighted by molar-refractivity contribution is 6.31. The standard InChI is InChI=1S/C15H10ClF4NO2/c16-9-2-4-13(22)10(6-9)14(23)21-7-8-1-3-11(12(17)5-8)15(18,19)20/h1-6,22H,7H2,(H,21,23). The number of halogens is 5. The van der Waals surface area contributed by atoms with Gasteiger partial charge in [0.25, 0.3) is 5.91 Å². The second-order valence-corrected chi connectivity index (χ2v) is 5.09. The number of carbonyl (C=O) groups excluding carboxylic acids is 1. The first-order valence-electron chi connectivity index (χ1n) is 6.31. The lowest BCUT2D eigenvalue weighted by molar-refractivity contribution is -0.140. The van der Waals surface area contributed by atoms with Crippen molar-refractivity contribution < 1.29 is 27.5 Å². The summed E-state index contributed by atoms with van der Waals surface area (Å²) in [6.45, 7) is -0.208. The summed E-state index contributed by atoms with van der Waals surface area (Å²) in [5, 5.41) is 12.2. The molecule has 8 heteroatoms. The minimum atomic E-state index is -4.78. The first-order valence-corrected chi connectivity index (χ1v) is 6.68. The summed E-state index contributed by atoms with van der Waals surface area (Å²) in [6, 6.07) is 6.21. The number of phenolic OH excluding ortho intramolecular Hbond substituents is 1. The van der Waals surface area contributed by atoms with Gasteiger partial charge in [0.2, 0.25) is 0 Å². The van der Waals surface area contributed by atoms with Gasteiger partial charge < -0.3 is 10.4 Å². The maximum absolute atomic E-state index is 13.4. The van der Waals surface area contributed by atoms with E-state index in [2.05, 4.69) is 5.32 Å². The first kappa shape index (κ1) is 17.1. The Labute approximate surface area is 133 Å². The van der Waals surface area contributed by atoms with Crippen LogP contribution in [-0.4, -0.2) is 11.0 Å². The Morgan fingerprint density at radius 1 is 1.17 bits per heavy atom. The van der Waals surface area contributed by atoms with Gasteiger partial charge in [0.1, 0.15) is 11.6 Å². The predicted octanol–water partition coefficient (Wildman–Crippen LogP) is 4.13. The second-order valence-electron chi connectivity index (χ2n) is 4.66. The van der Waals surface area contributed by atoms with Crippen LogP contribution in [0.15, 0.2) is 36.4 Å². The van der Waals surface area contributed by atoms with Crippen molar-refractivity contribution in [1.82, 2.24) is 5.32 Å². The Morgan fingerprint density at radius 2 is 1.87 bits per heavy atom. The molecule has 2 aromatic carbocycles. The lowest BCUT2D eigenvalue weighted by Gasteiger charge is -2.10. The van der Waals surface area contributed by atoms with Gasteiger partial charge >= 0.3 is 6.18 Å². The average molecular weight is 348 g/mol. The van der Waals surface area contributed by atoms with Crippen molar-refractivity contribution in [3.63, 3.8) is 0 Å². The highest BCUT2D eigenvalue weighted by atomic mass is 35.5. The van der Waals surface area contributed by atoms with E-state index >= 15 is 0 Å². The molecule has 0 saturated heterocycles. The van der Waals surface area contributed by atoms with Crippen LogP contribution < -0.4 is 5.32 Å². The maximum Gasteiger partial charge on any atom is 0.419 e. The molecule has 0 aromatic heterocycles. The van der Waals surface area contributed by atoms with Crippen molar-refractivity contribution in [1.29, 1.82) is 0 Å². The fraction of sp³-hybridized carbons (Fsp3) is 0.133. The number of nitrogens with one attached hydrogen (secondary N) is 1. The van der Waals surface area contributed by atoms with Gasteiger partial charge in [-0.1, -0.05) is 17.7 Å². The Hall–Kier alpha value is -2.28. The smallest absolute Gasteiger partial charge is 0.419 e.